The Morgan fingerprint density at radius 2 is 2.04 bits per heavy atom. The molecule has 1 aromatic heterocycles. The molecule has 26 heavy (non-hydrogen) atoms. The Bertz CT molecular complexity index is 635. The molecule has 7 heteroatoms. The number of halogens is 1. The number of guanidine groups is 1. The smallest absolute Gasteiger partial charge is 0.191 e. The van der Waals surface area contributed by atoms with Crippen molar-refractivity contribution in [3.05, 3.63) is 52.2 Å². The van der Waals surface area contributed by atoms with Gasteiger partial charge in [0.15, 0.2) is 5.96 Å². The largest absolute Gasteiger partial charge is 0.493 e. The zero-order valence-corrected chi connectivity index (χ0v) is 18.5. The number of aliphatic imine (C=N–C) groups is 1. The molecule has 0 radical (unpaired) electrons. The van der Waals surface area contributed by atoms with E-state index in [1.165, 1.54) is 4.88 Å². The molecule has 2 N–H and O–H groups in total. The fraction of sp³-hybridized carbons (Fsp3) is 0.421. The van der Waals surface area contributed by atoms with Crippen LogP contribution in [0.15, 0.2) is 46.8 Å². The lowest BCUT2D eigenvalue weighted by Crippen LogP contribution is -2.36. The third kappa shape index (κ3) is 8.86. The fourth-order valence-corrected chi connectivity index (χ4v) is 2.87. The van der Waals surface area contributed by atoms with Crippen molar-refractivity contribution in [2.24, 2.45) is 4.99 Å². The van der Waals surface area contributed by atoms with Gasteiger partial charge in [0.2, 0.25) is 0 Å². The molecule has 0 aliphatic rings. The van der Waals surface area contributed by atoms with Gasteiger partial charge in [-0.15, -0.1) is 35.3 Å². The minimum atomic E-state index is 0. The molecule has 0 spiro atoms. The predicted molar refractivity (Wildman–Crippen MR) is 120 cm³/mol. The van der Waals surface area contributed by atoms with Crippen LogP contribution in [0.4, 0.5) is 0 Å². The van der Waals surface area contributed by atoms with E-state index < -0.39 is 0 Å². The first-order valence-electron chi connectivity index (χ1n) is 8.57. The first kappa shape index (κ1) is 22.7. The second-order valence-corrected chi connectivity index (χ2v) is 6.50. The Kier molecular flexibility index (Phi) is 12.1. The monoisotopic (exact) mass is 489 g/mol. The molecule has 0 unspecified atom stereocenters. The van der Waals surface area contributed by atoms with Gasteiger partial charge in [0.25, 0.3) is 0 Å². The van der Waals surface area contributed by atoms with Gasteiger partial charge in [-0.25, -0.2) is 4.99 Å². The molecular formula is C19H28IN3O2S. The number of benzene rings is 1. The van der Waals surface area contributed by atoms with Crippen LogP contribution in [0.2, 0.25) is 0 Å². The quantitative estimate of drug-likeness (QED) is 0.229. The van der Waals surface area contributed by atoms with Crippen molar-refractivity contribution in [2.75, 3.05) is 26.9 Å². The molecule has 5 nitrogen and oxygen atoms in total. The number of thiophene rings is 1. The van der Waals surface area contributed by atoms with Crippen molar-refractivity contribution in [3.8, 4) is 5.75 Å². The number of nitrogens with one attached hydrogen (secondary N) is 2. The van der Waals surface area contributed by atoms with Crippen molar-refractivity contribution in [1.29, 1.82) is 0 Å². The standard InChI is InChI=1S/C19H27N3O2S.HI/c1-3-20-19(22-15-18-9-5-12-25-18)21-14-16-7-4-8-17(13-16)24-11-6-10-23-2;/h4-5,7-9,12-13H,3,6,10-11,14-15H2,1-2H3,(H2,20,21,22);1H. The number of nitrogens with zero attached hydrogens (tertiary/aromatic N) is 1. The Labute approximate surface area is 177 Å². The highest BCUT2D eigenvalue weighted by molar-refractivity contribution is 14.0. The Morgan fingerprint density at radius 1 is 1.15 bits per heavy atom. The maximum absolute atomic E-state index is 5.74. The first-order chi connectivity index (χ1) is 12.3. The molecule has 144 valence electrons. The third-order valence-corrected chi connectivity index (χ3v) is 4.31. The summed E-state index contributed by atoms with van der Waals surface area (Å²) in [4.78, 5) is 5.95. The van der Waals surface area contributed by atoms with E-state index in [1.807, 2.05) is 18.2 Å². The maximum atomic E-state index is 5.74. The number of hydrogen-bond acceptors (Lipinski definition) is 4. The number of methoxy groups -OCH3 is 1. The molecule has 0 fully saturated rings. The Hall–Kier alpha value is -1.32. The van der Waals surface area contributed by atoms with Gasteiger partial charge < -0.3 is 20.1 Å². The van der Waals surface area contributed by atoms with Crippen LogP contribution in [-0.4, -0.2) is 32.8 Å². The summed E-state index contributed by atoms with van der Waals surface area (Å²) < 4.78 is 10.8. The Morgan fingerprint density at radius 3 is 2.77 bits per heavy atom. The highest BCUT2D eigenvalue weighted by Crippen LogP contribution is 2.14. The van der Waals surface area contributed by atoms with Gasteiger partial charge in [-0.1, -0.05) is 18.2 Å². The summed E-state index contributed by atoms with van der Waals surface area (Å²) in [6.07, 6.45) is 0.885. The normalized spacial score (nSPS) is 10.9. The second kappa shape index (κ2) is 13.8. The molecule has 1 aromatic carbocycles. The highest BCUT2D eigenvalue weighted by atomic mass is 127. The van der Waals surface area contributed by atoms with Crippen LogP contribution in [0.3, 0.4) is 0 Å². The summed E-state index contributed by atoms with van der Waals surface area (Å²) in [5, 5.41) is 8.72. The fourth-order valence-electron chi connectivity index (χ4n) is 2.22. The molecule has 0 saturated carbocycles. The van der Waals surface area contributed by atoms with Gasteiger partial charge in [0, 0.05) is 31.6 Å². The molecular weight excluding hydrogens is 461 g/mol. The molecule has 0 saturated heterocycles. The zero-order valence-electron chi connectivity index (χ0n) is 15.4. The van der Waals surface area contributed by atoms with E-state index >= 15 is 0 Å². The van der Waals surface area contributed by atoms with Crippen LogP contribution >= 0.6 is 35.3 Å². The van der Waals surface area contributed by atoms with E-state index in [4.69, 9.17) is 9.47 Å². The molecule has 1 heterocycles. The first-order valence-corrected chi connectivity index (χ1v) is 9.45. The second-order valence-electron chi connectivity index (χ2n) is 5.47. The van der Waals surface area contributed by atoms with Crippen LogP contribution < -0.4 is 15.4 Å². The Balaban J connectivity index is 0.00000338. The summed E-state index contributed by atoms with van der Waals surface area (Å²) in [5.41, 5.74) is 1.12. The molecule has 0 bridgehead atoms. The zero-order chi connectivity index (χ0) is 17.7. The van der Waals surface area contributed by atoms with E-state index in [2.05, 4.69) is 46.1 Å². The third-order valence-electron chi connectivity index (χ3n) is 3.43. The lowest BCUT2D eigenvalue weighted by molar-refractivity contribution is 0.172. The van der Waals surface area contributed by atoms with Crippen molar-refractivity contribution < 1.29 is 9.47 Å². The van der Waals surface area contributed by atoms with Gasteiger partial charge in [0.05, 0.1) is 19.7 Å². The minimum Gasteiger partial charge on any atom is -0.493 e. The summed E-state index contributed by atoms with van der Waals surface area (Å²) in [6, 6.07) is 12.3. The highest BCUT2D eigenvalue weighted by Gasteiger charge is 2.01. The van der Waals surface area contributed by atoms with Gasteiger partial charge in [-0.2, -0.15) is 0 Å². The van der Waals surface area contributed by atoms with Gasteiger partial charge in [0.1, 0.15) is 5.75 Å². The van der Waals surface area contributed by atoms with Crippen LogP contribution in [0.1, 0.15) is 23.8 Å². The van der Waals surface area contributed by atoms with Crippen LogP contribution in [0.25, 0.3) is 0 Å². The molecule has 2 aromatic rings. The van der Waals surface area contributed by atoms with Crippen molar-refractivity contribution in [2.45, 2.75) is 26.4 Å². The molecule has 2 rings (SSSR count). The summed E-state index contributed by atoms with van der Waals surface area (Å²) in [7, 11) is 1.70. The SMILES string of the molecule is CCNC(=NCc1cccc(OCCCOC)c1)NCc1cccs1.I. The average Bonchev–Trinajstić information content (AvgIpc) is 3.15. The van der Waals surface area contributed by atoms with Crippen molar-refractivity contribution >= 4 is 41.3 Å². The summed E-state index contributed by atoms with van der Waals surface area (Å²) in [6.45, 7) is 5.66. The van der Waals surface area contributed by atoms with Gasteiger partial charge in [-0.05, 0) is 36.1 Å². The molecule has 0 aliphatic heterocycles. The van der Waals surface area contributed by atoms with Crippen molar-refractivity contribution in [3.63, 3.8) is 0 Å². The van der Waals surface area contributed by atoms with Crippen molar-refractivity contribution in [1.82, 2.24) is 10.6 Å². The predicted octanol–water partition coefficient (Wildman–Crippen LogP) is 4.04. The van der Waals surface area contributed by atoms with Gasteiger partial charge in [-0.3, -0.25) is 0 Å². The summed E-state index contributed by atoms with van der Waals surface area (Å²) in [5.74, 6) is 1.70. The average molecular weight is 489 g/mol. The molecule has 0 aliphatic carbocycles. The minimum absolute atomic E-state index is 0. The number of ether oxygens (including phenoxy) is 2. The maximum Gasteiger partial charge on any atom is 0.191 e. The van der Waals surface area contributed by atoms with E-state index in [0.717, 1.165) is 36.8 Å². The van der Waals surface area contributed by atoms with Crippen LogP contribution in [-0.2, 0) is 17.8 Å². The van der Waals surface area contributed by atoms with E-state index in [0.29, 0.717) is 19.8 Å². The number of hydrogen-bond donors (Lipinski definition) is 2. The van der Waals surface area contributed by atoms with E-state index in [-0.39, 0.29) is 24.0 Å². The lowest BCUT2D eigenvalue weighted by Gasteiger charge is -2.11. The molecule has 0 atom stereocenters. The van der Waals surface area contributed by atoms with E-state index in [1.54, 1.807) is 18.4 Å². The summed E-state index contributed by atoms with van der Waals surface area (Å²) >= 11 is 1.74. The number of rotatable bonds is 10. The van der Waals surface area contributed by atoms with Gasteiger partial charge >= 0.3 is 0 Å². The topological polar surface area (TPSA) is 54.9 Å². The van der Waals surface area contributed by atoms with E-state index in [9.17, 15) is 0 Å². The van der Waals surface area contributed by atoms with Crippen LogP contribution in [0, 0.1) is 0 Å². The molecule has 0 amide bonds. The lowest BCUT2D eigenvalue weighted by atomic mass is 10.2. The van der Waals surface area contributed by atoms with Crippen LogP contribution in [0.5, 0.6) is 5.75 Å².